The molecule has 2 rings (SSSR count). The van der Waals surface area contributed by atoms with Gasteiger partial charge in [-0.1, -0.05) is 12.8 Å². The van der Waals surface area contributed by atoms with E-state index >= 15 is 0 Å². The fourth-order valence-corrected chi connectivity index (χ4v) is 3.03. The fourth-order valence-electron chi connectivity index (χ4n) is 1.98. The molecule has 0 unspecified atom stereocenters. The van der Waals surface area contributed by atoms with Crippen LogP contribution >= 0.6 is 11.3 Å². The van der Waals surface area contributed by atoms with Gasteiger partial charge in [0.25, 0.3) is 0 Å². The second kappa shape index (κ2) is 5.60. The third kappa shape index (κ3) is 3.26. The Kier molecular flexibility index (Phi) is 4.12. The van der Waals surface area contributed by atoms with Crippen LogP contribution in [0.4, 0.5) is 5.13 Å². The van der Waals surface area contributed by atoms with Gasteiger partial charge in [-0.2, -0.15) is 0 Å². The topological polar surface area (TPSA) is 68.0 Å². The first kappa shape index (κ1) is 12.5. The first-order chi connectivity index (χ1) is 8.16. The SMILES string of the molecule is C[C@@H](N)C(=O)Nc1nc2c(s1)CCCCCC2. The molecule has 1 aliphatic rings. The summed E-state index contributed by atoms with van der Waals surface area (Å²) in [5.74, 6) is -0.160. The zero-order valence-electron chi connectivity index (χ0n) is 10.2. The molecule has 0 aromatic carbocycles. The van der Waals surface area contributed by atoms with Gasteiger partial charge < -0.3 is 11.1 Å². The lowest BCUT2D eigenvalue weighted by Gasteiger charge is -2.06. The van der Waals surface area contributed by atoms with Gasteiger partial charge in [-0.05, 0) is 32.6 Å². The zero-order valence-corrected chi connectivity index (χ0v) is 11.0. The van der Waals surface area contributed by atoms with Gasteiger partial charge in [-0.25, -0.2) is 4.98 Å². The minimum Gasteiger partial charge on any atom is -0.320 e. The number of hydrogen-bond donors (Lipinski definition) is 2. The van der Waals surface area contributed by atoms with Crippen molar-refractivity contribution in [3.8, 4) is 0 Å². The van der Waals surface area contributed by atoms with E-state index in [1.807, 2.05) is 0 Å². The molecule has 1 atom stereocenters. The average molecular weight is 253 g/mol. The molecule has 0 saturated heterocycles. The number of nitrogens with two attached hydrogens (primary N) is 1. The minimum absolute atomic E-state index is 0.160. The number of carbonyl (C=O) groups is 1. The van der Waals surface area contributed by atoms with Gasteiger partial charge in [0.15, 0.2) is 5.13 Å². The van der Waals surface area contributed by atoms with Crippen molar-refractivity contribution in [2.24, 2.45) is 5.73 Å². The molecule has 0 saturated carbocycles. The fraction of sp³-hybridized carbons (Fsp3) is 0.667. The van der Waals surface area contributed by atoms with Crippen LogP contribution in [0.2, 0.25) is 0 Å². The molecule has 3 N–H and O–H groups in total. The molecule has 5 heteroatoms. The third-order valence-electron chi connectivity index (χ3n) is 2.99. The van der Waals surface area contributed by atoms with Gasteiger partial charge in [-0.15, -0.1) is 11.3 Å². The highest BCUT2D eigenvalue weighted by Crippen LogP contribution is 2.28. The van der Waals surface area contributed by atoms with Crippen LogP contribution in [0, 0.1) is 0 Å². The van der Waals surface area contributed by atoms with E-state index in [1.54, 1.807) is 18.3 Å². The predicted octanol–water partition coefficient (Wildman–Crippen LogP) is 2.09. The van der Waals surface area contributed by atoms with Crippen molar-refractivity contribution in [3.05, 3.63) is 10.6 Å². The molecule has 1 amide bonds. The number of nitrogens with zero attached hydrogens (tertiary/aromatic N) is 1. The van der Waals surface area contributed by atoms with Crippen LogP contribution in [0.1, 0.15) is 43.2 Å². The first-order valence-electron chi connectivity index (χ1n) is 6.22. The van der Waals surface area contributed by atoms with Crippen LogP contribution in [-0.4, -0.2) is 16.9 Å². The van der Waals surface area contributed by atoms with E-state index in [4.69, 9.17) is 5.73 Å². The number of fused-ring (bicyclic) bond motifs is 1. The summed E-state index contributed by atoms with van der Waals surface area (Å²) >= 11 is 1.61. The maximum absolute atomic E-state index is 11.5. The van der Waals surface area contributed by atoms with Crippen molar-refractivity contribution in [1.82, 2.24) is 4.98 Å². The molecule has 17 heavy (non-hydrogen) atoms. The summed E-state index contributed by atoms with van der Waals surface area (Å²) in [5, 5.41) is 3.49. The van der Waals surface area contributed by atoms with Gasteiger partial charge in [0.2, 0.25) is 5.91 Å². The molecule has 4 nitrogen and oxygen atoms in total. The third-order valence-corrected chi connectivity index (χ3v) is 4.06. The van der Waals surface area contributed by atoms with Gasteiger partial charge >= 0.3 is 0 Å². The van der Waals surface area contributed by atoms with E-state index in [0.717, 1.165) is 12.8 Å². The van der Waals surface area contributed by atoms with Crippen molar-refractivity contribution in [3.63, 3.8) is 0 Å². The van der Waals surface area contributed by atoms with Crippen LogP contribution in [0.5, 0.6) is 0 Å². The van der Waals surface area contributed by atoms with Crippen molar-refractivity contribution < 1.29 is 4.79 Å². The summed E-state index contributed by atoms with van der Waals surface area (Å²) in [6.45, 7) is 1.68. The maximum Gasteiger partial charge on any atom is 0.242 e. The number of aromatic nitrogens is 1. The Labute approximate surface area is 106 Å². The van der Waals surface area contributed by atoms with E-state index in [0.29, 0.717) is 5.13 Å². The van der Waals surface area contributed by atoms with Crippen molar-refractivity contribution in [1.29, 1.82) is 0 Å². The molecule has 1 aromatic rings. The summed E-state index contributed by atoms with van der Waals surface area (Å²) in [4.78, 5) is 17.3. The molecule has 0 radical (unpaired) electrons. The van der Waals surface area contributed by atoms with Gasteiger partial charge in [0.05, 0.1) is 11.7 Å². The number of hydrogen-bond acceptors (Lipinski definition) is 4. The Morgan fingerprint density at radius 1 is 1.35 bits per heavy atom. The van der Waals surface area contributed by atoms with Gasteiger partial charge in [-0.3, -0.25) is 4.79 Å². The quantitative estimate of drug-likeness (QED) is 0.848. The van der Waals surface area contributed by atoms with Gasteiger partial charge in [0, 0.05) is 4.88 Å². The summed E-state index contributed by atoms with van der Waals surface area (Å²) < 4.78 is 0. The molecular formula is C12H19N3OS. The molecule has 1 heterocycles. The Balaban J connectivity index is 2.09. The molecular weight excluding hydrogens is 234 g/mol. The molecule has 94 valence electrons. The Morgan fingerprint density at radius 2 is 2.06 bits per heavy atom. The summed E-state index contributed by atoms with van der Waals surface area (Å²) in [7, 11) is 0. The summed E-state index contributed by atoms with van der Waals surface area (Å²) in [6, 6.07) is -0.485. The average Bonchev–Trinajstić information content (AvgIpc) is 2.60. The number of anilines is 1. The number of rotatable bonds is 2. The first-order valence-corrected chi connectivity index (χ1v) is 7.03. The molecule has 0 aliphatic heterocycles. The second-order valence-corrected chi connectivity index (χ2v) is 5.66. The van der Waals surface area contributed by atoms with Gasteiger partial charge in [0.1, 0.15) is 0 Å². The lowest BCUT2D eigenvalue weighted by Crippen LogP contribution is -2.32. The van der Waals surface area contributed by atoms with E-state index in [-0.39, 0.29) is 5.91 Å². The number of nitrogens with one attached hydrogen (secondary N) is 1. The van der Waals surface area contributed by atoms with Crippen LogP contribution in [0.15, 0.2) is 0 Å². The molecule has 0 fully saturated rings. The highest BCUT2D eigenvalue weighted by atomic mass is 32.1. The highest BCUT2D eigenvalue weighted by molar-refractivity contribution is 7.15. The zero-order chi connectivity index (χ0) is 12.3. The van der Waals surface area contributed by atoms with Crippen LogP contribution in [-0.2, 0) is 17.6 Å². The lowest BCUT2D eigenvalue weighted by molar-refractivity contribution is -0.117. The monoisotopic (exact) mass is 253 g/mol. The number of amides is 1. The molecule has 0 spiro atoms. The summed E-state index contributed by atoms with van der Waals surface area (Å²) in [5.41, 5.74) is 6.70. The Bertz CT molecular complexity index is 375. The van der Waals surface area contributed by atoms with Crippen molar-refractivity contribution in [2.75, 3.05) is 5.32 Å². The molecule has 1 aliphatic carbocycles. The Hall–Kier alpha value is -0.940. The normalized spacial score (nSPS) is 17.8. The van der Waals surface area contributed by atoms with Crippen LogP contribution < -0.4 is 11.1 Å². The van der Waals surface area contributed by atoms with E-state index in [1.165, 1.54) is 36.3 Å². The lowest BCUT2D eigenvalue weighted by atomic mass is 10.0. The van der Waals surface area contributed by atoms with Crippen LogP contribution in [0.25, 0.3) is 0 Å². The van der Waals surface area contributed by atoms with E-state index in [9.17, 15) is 4.79 Å². The number of thiazole rings is 1. The second-order valence-electron chi connectivity index (χ2n) is 4.58. The number of aryl methyl sites for hydroxylation is 2. The maximum atomic E-state index is 11.5. The van der Waals surface area contributed by atoms with Crippen LogP contribution in [0.3, 0.4) is 0 Å². The van der Waals surface area contributed by atoms with Crippen molar-refractivity contribution in [2.45, 2.75) is 51.5 Å². The predicted molar refractivity (Wildman–Crippen MR) is 70.3 cm³/mol. The standard InChI is InChI=1S/C12H19N3OS/c1-8(13)11(16)15-12-14-9-6-4-2-3-5-7-10(9)17-12/h8H,2-7,13H2,1H3,(H,14,15,16)/t8-/m1/s1. The molecule has 0 bridgehead atoms. The highest BCUT2D eigenvalue weighted by Gasteiger charge is 2.15. The van der Waals surface area contributed by atoms with E-state index < -0.39 is 6.04 Å². The summed E-state index contributed by atoms with van der Waals surface area (Å²) in [6.07, 6.45) is 7.17. The Morgan fingerprint density at radius 3 is 2.76 bits per heavy atom. The smallest absolute Gasteiger partial charge is 0.242 e. The van der Waals surface area contributed by atoms with E-state index in [2.05, 4.69) is 10.3 Å². The number of carbonyl (C=O) groups excluding carboxylic acids is 1. The van der Waals surface area contributed by atoms with Crippen molar-refractivity contribution >= 4 is 22.4 Å². The molecule has 1 aromatic heterocycles. The minimum atomic E-state index is -0.485. The largest absolute Gasteiger partial charge is 0.320 e.